The van der Waals surface area contributed by atoms with Crippen molar-refractivity contribution < 1.29 is 0 Å². The van der Waals surface area contributed by atoms with Gasteiger partial charge in [-0.15, -0.1) is 11.3 Å². The number of nitrogens with two attached hydrogens (primary N) is 1. The summed E-state index contributed by atoms with van der Waals surface area (Å²) in [5, 5.41) is 9.82. The Labute approximate surface area is 119 Å². The zero-order valence-corrected chi connectivity index (χ0v) is 11.6. The molecule has 2 aromatic heterocycles. The Morgan fingerprint density at radius 2 is 1.90 bits per heavy atom. The average Bonchev–Trinajstić information content (AvgIpc) is 2.77. The first-order valence-corrected chi connectivity index (χ1v) is 6.84. The number of aryl methyl sites for hydroxylation is 1. The van der Waals surface area contributed by atoms with E-state index in [2.05, 4.69) is 6.07 Å². The maximum atomic E-state index is 12.2. The molecule has 0 unspecified atom stereocenters. The molecule has 0 aliphatic heterocycles. The van der Waals surface area contributed by atoms with Crippen LogP contribution in [0.4, 0.5) is 5.69 Å². The van der Waals surface area contributed by atoms with Gasteiger partial charge in [-0.2, -0.15) is 5.26 Å². The fourth-order valence-corrected chi connectivity index (χ4v) is 3.16. The van der Waals surface area contributed by atoms with Crippen molar-refractivity contribution in [1.29, 1.82) is 5.26 Å². The van der Waals surface area contributed by atoms with Crippen molar-refractivity contribution >= 4 is 27.2 Å². The molecule has 3 aromatic rings. The molecule has 5 heteroatoms. The molecule has 1 aromatic carbocycles. The van der Waals surface area contributed by atoms with E-state index >= 15 is 0 Å². The quantitative estimate of drug-likeness (QED) is 0.745. The zero-order valence-electron chi connectivity index (χ0n) is 10.8. The number of hydrogen-bond donors (Lipinski definition) is 1. The van der Waals surface area contributed by atoms with Gasteiger partial charge in [0.05, 0.1) is 11.4 Å². The summed E-state index contributed by atoms with van der Waals surface area (Å²) in [4.78, 5) is 13.3. The fourth-order valence-electron chi connectivity index (χ4n) is 2.12. The van der Waals surface area contributed by atoms with Crippen molar-refractivity contribution in [2.45, 2.75) is 6.92 Å². The number of fused-ring (bicyclic) bond motifs is 1. The smallest absolute Gasteiger partial charge is 0.256 e. The highest BCUT2D eigenvalue weighted by molar-refractivity contribution is 7.19. The van der Waals surface area contributed by atoms with E-state index in [0.29, 0.717) is 15.4 Å². The summed E-state index contributed by atoms with van der Waals surface area (Å²) in [5.74, 6) is 0. The SMILES string of the molecule is Cc1ccc(-n2c(=O)ccc3c(N)c(C#N)sc32)cc1. The lowest BCUT2D eigenvalue weighted by Gasteiger charge is -2.07. The standard InChI is InChI=1S/C15H11N3OS/c1-9-2-4-10(5-3-9)18-13(19)7-6-11-14(17)12(8-16)20-15(11)18/h2-7H,17H2,1H3. The molecule has 0 saturated carbocycles. The molecule has 0 bridgehead atoms. The van der Waals surface area contributed by atoms with Gasteiger partial charge in [-0.3, -0.25) is 9.36 Å². The van der Waals surface area contributed by atoms with Crippen LogP contribution in [0.5, 0.6) is 0 Å². The van der Waals surface area contributed by atoms with Crippen molar-refractivity contribution in [2.75, 3.05) is 5.73 Å². The van der Waals surface area contributed by atoms with Crippen molar-refractivity contribution in [3.8, 4) is 11.8 Å². The summed E-state index contributed by atoms with van der Waals surface area (Å²) in [5.41, 5.74) is 8.15. The van der Waals surface area contributed by atoms with Crippen LogP contribution in [-0.2, 0) is 0 Å². The molecule has 98 valence electrons. The van der Waals surface area contributed by atoms with Crippen LogP contribution in [0.15, 0.2) is 41.2 Å². The molecule has 0 aliphatic rings. The topological polar surface area (TPSA) is 71.8 Å². The maximum Gasteiger partial charge on any atom is 0.256 e. The van der Waals surface area contributed by atoms with Crippen LogP contribution in [0.3, 0.4) is 0 Å². The first-order valence-electron chi connectivity index (χ1n) is 6.03. The molecule has 0 aliphatic carbocycles. The van der Waals surface area contributed by atoms with E-state index in [1.54, 1.807) is 10.6 Å². The number of rotatable bonds is 1. The summed E-state index contributed by atoms with van der Waals surface area (Å²) < 4.78 is 1.59. The predicted octanol–water partition coefficient (Wildman–Crippen LogP) is 2.81. The third kappa shape index (κ3) is 1.78. The molecule has 0 amide bonds. The number of hydrogen-bond acceptors (Lipinski definition) is 4. The maximum absolute atomic E-state index is 12.2. The number of thiophene rings is 1. The van der Waals surface area contributed by atoms with E-state index in [-0.39, 0.29) is 5.56 Å². The summed E-state index contributed by atoms with van der Waals surface area (Å²) in [6.07, 6.45) is 0. The Bertz CT molecular complexity index is 898. The summed E-state index contributed by atoms with van der Waals surface area (Å²) in [7, 11) is 0. The minimum atomic E-state index is -0.132. The highest BCUT2D eigenvalue weighted by atomic mass is 32.1. The largest absolute Gasteiger partial charge is 0.396 e. The van der Waals surface area contributed by atoms with Crippen LogP contribution in [0.25, 0.3) is 15.9 Å². The lowest BCUT2D eigenvalue weighted by atomic mass is 10.2. The molecule has 0 radical (unpaired) electrons. The minimum Gasteiger partial charge on any atom is -0.396 e. The van der Waals surface area contributed by atoms with E-state index < -0.39 is 0 Å². The summed E-state index contributed by atoms with van der Waals surface area (Å²) in [6.45, 7) is 1.99. The Hall–Kier alpha value is -2.58. The van der Waals surface area contributed by atoms with Gasteiger partial charge in [0, 0.05) is 11.5 Å². The van der Waals surface area contributed by atoms with E-state index in [1.807, 2.05) is 31.2 Å². The average molecular weight is 281 g/mol. The molecule has 20 heavy (non-hydrogen) atoms. The van der Waals surface area contributed by atoms with Crippen LogP contribution in [0.2, 0.25) is 0 Å². The third-order valence-corrected chi connectivity index (χ3v) is 4.28. The van der Waals surface area contributed by atoms with Gasteiger partial charge in [0.1, 0.15) is 15.8 Å². The van der Waals surface area contributed by atoms with Gasteiger partial charge in [0.2, 0.25) is 0 Å². The third-order valence-electron chi connectivity index (χ3n) is 3.17. The number of aromatic nitrogens is 1. The molecule has 0 saturated heterocycles. The molecule has 0 spiro atoms. The van der Waals surface area contributed by atoms with Gasteiger partial charge in [0.15, 0.2) is 0 Å². The van der Waals surface area contributed by atoms with Gasteiger partial charge in [-0.05, 0) is 25.1 Å². The predicted molar refractivity (Wildman–Crippen MR) is 81.3 cm³/mol. The lowest BCUT2D eigenvalue weighted by molar-refractivity contribution is 1.05. The molecule has 0 fully saturated rings. The van der Waals surface area contributed by atoms with Gasteiger partial charge >= 0.3 is 0 Å². The van der Waals surface area contributed by atoms with E-state index in [1.165, 1.54) is 17.4 Å². The van der Waals surface area contributed by atoms with E-state index in [4.69, 9.17) is 11.0 Å². The van der Waals surface area contributed by atoms with Crippen molar-refractivity contribution in [3.05, 3.63) is 57.2 Å². The summed E-state index contributed by atoms with van der Waals surface area (Å²) in [6, 6.07) is 12.9. The number of nitrogen functional groups attached to an aromatic ring is 1. The second-order valence-corrected chi connectivity index (χ2v) is 5.52. The number of pyridine rings is 1. The molecule has 0 atom stereocenters. The second-order valence-electron chi connectivity index (χ2n) is 4.52. The Kier molecular flexibility index (Phi) is 2.81. The highest BCUT2D eigenvalue weighted by Crippen LogP contribution is 2.33. The molecule has 3 rings (SSSR count). The second kappa shape index (κ2) is 4.51. The summed E-state index contributed by atoms with van der Waals surface area (Å²) >= 11 is 1.24. The monoisotopic (exact) mass is 281 g/mol. The van der Waals surface area contributed by atoms with E-state index in [9.17, 15) is 4.79 Å². The molecule has 2 N–H and O–H groups in total. The minimum absolute atomic E-state index is 0.132. The lowest BCUT2D eigenvalue weighted by Crippen LogP contribution is -2.16. The molecular formula is C15H11N3OS. The Morgan fingerprint density at radius 3 is 2.55 bits per heavy atom. The van der Waals surface area contributed by atoms with Gasteiger partial charge in [-0.1, -0.05) is 17.7 Å². The first kappa shape index (κ1) is 12.5. The fraction of sp³-hybridized carbons (Fsp3) is 0.0667. The number of benzene rings is 1. The molecule has 4 nitrogen and oxygen atoms in total. The number of nitriles is 1. The van der Waals surface area contributed by atoms with Crippen LogP contribution in [0, 0.1) is 18.3 Å². The Morgan fingerprint density at radius 1 is 1.20 bits per heavy atom. The first-order chi connectivity index (χ1) is 9.61. The Balaban J connectivity index is 2.40. The van der Waals surface area contributed by atoms with Crippen molar-refractivity contribution in [2.24, 2.45) is 0 Å². The van der Waals surface area contributed by atoms with E-state index in [0.717, 1.165) is 16.6 Å². The van der Waals surface area contributed by atoms with Crippen LogP contribution >= 0.6 is 11.3 Å². The van der Waals surface area contributed by atoms with Gasteiger partial charge in [-0.25, -0.2) is 0 Å². The molecular weight excluding hydrogens is 270 g/mol. The van der Waals surface area contributed by atoms with Crippen LogP contribution < -0.4 is 11.3 Å². The van der Waals surface area contributed by atoms with Crippen molar-refractivity contribution in [1.82, 2.24) is 4.57 Å². The zero-order chi connectivity index (χ0) is 14.3. The van der Waals surface area contributed by atoms with Gasteiger partial charge in [0.25, 0.3) is 5.56 Å². The highest BCUT2D eigenvalue weighted by Gasteiger charge is 2.14. The number of nitrogens with zero attached hydrogens (tertiary/aromatic N) is 2. The van der Waals surface area contributed by atoms with Crippen molar-refractivity contribution in [3.63, 3.8) is 0 Å². The molecule has 2 heterocycles. The van der Waals surface area contributed by atoms with Crippen LogP contribution in [0.1, 0.15) is 10.4 Å². The normalized spacial score (nSPS) is 10.6. The van der Waals surface area contributed by atoms with Gasteiger partial charge < -0.3 is 5.73 Å². The van der Waals surface area contributed by atoms with Crippen LogP contribution in [-0.4, -0.2) is 4.57 Å². The number of anilines is 1.